The van der Waals surface area contributed by atoms with Gasteiger partial charge in [0, 0.05) is 23.4 Å². The summed E-state index contributed by atoms with van der Waals surface area (Å²) in [7, 11) is 0. The van der Waals surface area contributed by atoms with Crippen LogP contribution in [-0.4, -0.2) is 18.6 Å². The van der Waals surface area contributed by atoms with Gasteiger partial charge in [0.15, 0.2) is 0 Å². The van der Waals surface area contributed by atoms with Gasteiger partial charge in [0.25, 0.3) is 0 Å². The molecule has 0 unspecified atom stereocenters. The van der Waals surface area contributed by atoms with Gasteiger partial charge < -0.3 is 9.99 Å². The second-order valence-corrected chi connectivity index (χ2v) is 5.98. The van der Waals surface area contributed by atoms with E-state index in [-0.39, 0.29) is 29.6 Å². The molecule has 26 heavy (non-hydrogen) atoms. The molecular weight excluding hydrogens is 363 g/mol. The fourth-order valence-electron chi connectivity index (χ4n) is 2.11. The minimum Gasteiger partial charge on any atom is -0.691 e. The summed E-state index contributed by atoms with van der Waals surface area (Å²) >= 11 is 0.990. The van der Waals surface area contributed by atoms with Crippen LogP contribution in [0.5, 0.6) is 5.75 Å². The van der Waals surface area contributed by atoms with E-state index in [1.165, 1.54) is 0 Å². The largest absolute Gasteiger partial charge is 1.00 e. The first-order valence-electron chi connectivity index (χ1n) is 7.86. The van der Waals surface area contributed by atoms with E-state index in [1.54, 1.807) is 6.07 Å². The molecule has 2 aromatic rings. The first-order chi connectivity index (χ1) is 12.3. The van der Waals surface area contributed by atoms with Gasteiger partial charge in [-0.05, 0) is 42.2 Å². The first kappa shape index (κ1) is 22.9. The number of rotatable bonds is 11. The van der Waals surface area contributed by atoms with E-state index in [0.29, 0.717) is 17.9 Å². The van der Waals surface area contributed by atoms with Crippen LogP contribution in [0.3, 0.4) is 0 Å². The normalized spacial score (nSPS) is 10.5. The van der Waals surface area contributed by atoms with Crippen molar-refractivity contribution < 1.29 is 53.7 Å². The quantitative estimate of drug-likeness (QED) is 0.108. The van der Waals surface area contributed by atoms with Gasteiger partial charge in [-0.1, -0.05) is 42.5 Å². The standard InChI is InChI=1S/C19H20O5S.Na/c20-15-18-5-3-4-17(14-18)7-6-16-8-10-19(11-9-16)22-12-1-2-13-25-24-23-21;/h3-11,14-15,21H,1-2,12-13H2;/q;+1/p-1/b7-6+;. The van der Waals surface area contributed by atoms with Crippen molar-refractivity contribution >= 4 is 30.5 Å². The molecule has 0 radical (unpaired) electrons. The maximum absolute atomic E-state index is 10.8. The molecule has 0 aliphatic carbocycles. The van der Waals surface area contributed by atoms with Gasteiger partial charge in [-0.15, -0.1) is 0 Å². The molecule has 0 aliphatic rings. The van der Waals surface area contributed by atoms with E-state index >= 15 is 0 Å². The Hall–Kier alpha value is -1.12. The molecular formula is C19H19NaO5S. The predicted molar refractivity (Wildman–Crippen MR) is 96.6 cm³/mol. The number of benzene rings is 2. The molecule has 0 fully saturated rings. The summed E-state index contributed by atoms with van der Waals surface area (Å²) in [6.45, 7) is 0.604. The first-order valence-corrected chi connectivity index (χ1v) is 8.77. The van der Waals surface area contributed by atoms with Crippen LogP contribution in [-0.2, 0) is 9.37 Å². The van der Waals surface area contributed by atoms with Crippen molar-refractivity contribution in [3.05, 3.63) is 65.2 Å². The predicted octanol–water partition coefficient (Wildman–Crippen LogP) is 0.704. The van der Waals surface area contributed by atoms with Crippen LogP contribution in [0.15, 0.2) is 48.5 Å². The van der Waals surface area contributed by atoms with Crippen molar-refractivity contribution in [1.82, 2.24) is 0 Å². The van der Waals surface area contributed by atoms with E-state index in [9.17, 15) is 10.1 Å². The van der Waals surface area contributed by atoms with Crippen LogP contribution in [0.25, 0.3) is 12.2 Å². The number of carbonyl (C=O) groups excluding carboxylic acids is 1. The average molecular weight is 382 g/mol. The van der Waals surface area contributed by atoms with Gasteiger partial charge in [-0.3, -0.25) is 9.83 Å². The zero-order valence-corrected chi connectivity index (χ0v) is 17.4. The fraction of sp³-hybridized carbons (Fsp3) is 0.211. The summed E-state index contributed by atoms with van der Waals surface area (Å²) in [5, 5.41) is 12.8. The van der Waals surface area contributed by atoms with E-state index < -0.39 is 0 Å². The number of hydrogen-bond donors (Lipinski definition) is 0. The smallest absolute Gasteiger partial charge is 0.691 e. The second-order valence-electron chi connectivity index (χ2n) is 5.20. The molecule has 0 amide bonds. The molecule has 0 saturated heterocycles. The topological polar surface area (TPSA) is 67.8 Å². The summed E-state index contributed by atoms with van der Waals surface area (Å²) in [6, 6.07) is 15.2. The van der Waals surface area contributed by atoms with Crippen LogP contribution in [0.2, 0.25) is 0 Å². The number of hydrogen-bond acceptors (Lipinski definition) is 6. The number of ether oxygens (including phenoxy) is 1. The maximum atomic E-state index is 10.8. The molecule has 0 saturated carbocycles. The van der Waals surface area contributed by atoms with Crippen LogP contribution in [0.1, 0.15) is 34.3 Å². The Kier molecular flexibility index (Phi) is 12.3. The molecule has 0 spiro atoms. The van der Waals surface area contributed by atoms with Crippen molar-refractivity contribution in [2.75, 3.05) is 12.4 Å². The van der Waals surface area contributed by atoms with E-state index in [1.807, 2.05) is 54.6 Å². The van der Waals surface area contributed by atoms with Gasteiger partial charge in [-0.25, -0.2) is 0 Å². The molecule has 7 heteroatoms. The van der Waals surface area contributed by atoms with E-state index in [2.05, 4.69) is 9.37 Å². The SMILES string of the molecule is O=Cc1cccc(/C=C/c2ccc(OCCCCSOO[O-])cc2)c1.[Na+]. The molecule has 132 valence electrons. The third-order valence-corrected chi connectivity index (χ3v) is 3.97. The van der Waals surface area contributed by atoms with Gasteiger partial charge in [0.2, 0.25) is 0 Å². The number of unbranched alkanes of at least 4 members (excludes halogenated alkanes) is 1. The van der Waals surface area contributed by atoms with Crippen molar-refractivity contribution in [2.24, 2.45) is 0 Å². The Morgan fingerprint density at radius 1 is 0.962 bits per heavy atom. The number of aldehydes is 1. The van der Waals surface area contributed by atoms with Crippen LogP contribution in [0, 0.1) is 0 Å². The maximum Gasteiger partial charge on any atom is 1.00 e. The Labute approximate surface area is 179 Å². The summed E-state index contributed by atoms with van der Waals surface area (Å²) in [4.78, 5) is 10.8. The molecule has 0 aromatic heterocycles. The van der Waals surface area contributed by atoms with Gasteiger partial charge in [0.1, 0.15) is 12.0 Å². The molecule has 0 bridgehead atoms. The Balaban J connectivity index is 0.00000338. The van der Waals surface area contributed by atoms with Crippen molar-refractivity contribution in [2.45, 2.75) is 12.8 Å². The summed E-state index contributed by atoms with van der Waals surface area (Å²) in [5.74, 6) is 1.49. The second kappa shape index (κ2) is 14.0. The zero-order valence-electron chi connectivity index (χ0n) is 14.6. The molecule has 2 aromatic carbocycles. The fourth-order valence-corrected chi connectivity index (χ4v) is 2.54. The molecule has 0 aliphatic heterocycles. The van der Waals surface area contributed by atoms with Crippen molar-refractivity contribution in [3.8, 4) is 5.75 Å². The summed E-state index contributed by atoms with van der Waals surface area (Å²) in [5.41, 5.74) is 2.69. The van der Waals surface area contributed by atoms with Gasteiger partial charge in [0.05, 0.1) is 6.61 Å². The molecule has 0 heterocycles. The average Bonchev–Trinajstić information content (AvgIpc) is 2.67. The Morgan fingerprint density at radius 3 is 2.42 bits per heavy atom. The summed E-state index contributed by atoms with van der Waals surface area (Å²) in [6.07, 6.45) is 6.53. The van der Waals surface area contributed by atoms with Gasteiger partial charge >= 0.3 is 29.6 Å². The van der Waals surface area contributed by atoms with E-state index in [4.69, 9.17) is 4.74 Å². The molecule has 5 nitrogen and oxygen atoms in total. The van der Waals surface area contributed by atoms with Crippen LogP contribution < -0.4 is 39.6 Å². The third-order valence-electron chi connectivity index (χ3n) is 3.36. The van der Waals surface area contributed by atoms with Crippen LogP contribution in [0.4, 0.5) is 0 Å². The Bertz CT molecular complexity index is 676. The minimum absolute atomic E-state index is 0. The molecule has 0 atom stereocenters. The molecule has 0 N–H and O–H groups in total. The van der Waals surface area contributed by atoms with Crippen LogP contribution >= 0.6 is 12.0 Å². The molecule has 2 rings (SSSR count). The van der Waals surface area contributed by atoms with Crippen molar-refractivity contribution in [3.63, 3.8) is 0 Å². The van der Waals surface area contributed by atoms with Gasteiger partial charge in [-0.2, -0.15) is 4.33 Å². The van der Waals surface area contributed by atoms with E-state index in [0.717, 1.165) is 48.0 Å². The number of carbonyl (C=O) groups is 1. The minimum atomic E-state index is 0. The summed E-state index contributed by atoms with van der Waals surface area (Å²) < 4.78 is 9.83. The monoisotopic (exact) mass is 382 g/mol. The Morgan fingerprint density at radius 2 is 1.69 bits per heavy atom. The third kappa shape index (κ3) is 9.00. The van der Waals surface area contributed by atoms with Crippen molar-refractivity contribution in [1.29, 1.82) is 0 Å². The zero-order chi connectivity index (χ0) is 17.7.